The molecule has 1 saturated heterocycles. The molecule has 1 heterocycles. The number of ether oxygens (including phenoxy) is 2. The summed E-state index contributed by atoms with van der Waals surface area (Å²) in [4.78, 5) is 0. The van der Waals surface area contributed by atoms with Gasteiger partial charge in [0, 0.05) is 13.0 Å². The number of methoxy groups -OCH3 is 1. The highest BCUT2D eigenvalue weighted by Crippen LogP contribution is 2.29. The number of rotatable bonds is 3. The maximum absolute atomic E-state index is 12.2. The molecule has 0 aromatic carbocycles. The first-order valence-electron chi connectivity index (χ1n) is 3.89. The molecule has 2 atom stereocenters. The van der Waals surface area contributed by atoms with Gasteiger partial charge in [-0.3, -0.25) is 4.39 Å². The van der Waals surface area contributed by atoms with Gasteiger partial charge in [0.05, 0.1) is 25.5 Å². The summed E-state index contributed by atoms with van der Waals surface area (Å²) in [6.45, 7) is 2.78. The largest absolute Gasteiger partial charge is 0.382 e. The molecule has 3 heteroatoms. The lowest BCUT2D eigenvalue weighted by Crippen LogP contribution is -2.29. The van der Waals surface area contributed by atoms with Gasteiger partial charge in [0.2, 0.25) is 0 Å². The van der Waals surface area contributed by atoms with Gasteiger partial charge < -0.3 is 9.47 Å². The van der Waals surface area contributed by atoms with Gasteiger partial charge in [0.25, 0.3) is 0 Å². The zero-order valence-electron chi connectivity index (χ0n) is 7.10. The van der Waals surface area contributed by atoms with Crippen LogP contribution in [-0.2, 0) is 9.47 Å². The van der Waals surface area contributed by atoms with Gasteiger partial charge in [-0.2, -0.15) is 0 Å². The fourth-order valence-electron chi connectivity index (χ4n) is 1.55. The molecule has 0 radical (unpaired) electrons. The monoisotopic (exact) mass is 162 g/mol. The van der Waals surface area contributed by atoms with Crippen LogP contribution in [0.15, 0.2) is 0 Å². The summed E-state index contributed by atoms with van der Waals surface area (Å²) >= 11 is 0. The highest BCUT2D eigenvalue weighted by atomic mass is 19.1. The second-order valence-electron chi connectivity index (χ2n) is 3.42. The molecule has 0 amide bonds. The van der Waals surface area contributed by atoms with E-state index in [9.17, 15) is 4.39 Å². The molecule has 2 unspecified atom stereocenters. The van der Waals surface area contributed by atoms with Crippen LogP contribution in [0, 0.1) is 5.92 Å². The highest BCUT2D eigenvalue weighted by Gasteiger charge is 2.36. The van der Waals surface area contributed by atoms with Crippen LogP contribution in [0.3, 0.4) is 0 Å². The van der Waals surface area contributed by atoms with Crippen LogP contribution in [-0.4, -0.2) is 32.6 Å². The van der Waals surface area contributed by atoms with E-state index in [1.54, 1.807) is 7.11 Å². The van der Waals surface area contributed by atoms with E-state index >= 15 is 0 Å². The summed E-state index contributed by atoms with van der Waals surface area (Å²) in [5.41, 5.74) is -0.245. The Kier molecular flexibility index (Phi) is 2.84. The third-order valence-electron chi connectivity index (χ3n) is 2.06. The summed E-state index contributed by atoms with van der Waals surface area (Å²) < 4.78 is 22.6. The van der Waals surface area contributed by atoms with Gasteiger partial charge in [0.15, 0.2) is 0 Å². The van der Waals surface area contributed by atoms with Gasteiger partial charge in [-0.1, -0.05) is 0 Å². The molecular weight excluding hydrogens is 147 g/mol. The molecule has 0 N–H and O–H groups in total. The average Bonchev–Trinajstić information content (AvgIpc) is 2.33. The van der Waals surface area contributed by atoms with Crippen molar-refractivity contribution in [2.24, 2.45) is 5.92 Å². The van der Waals surface area contributed by atoms with Crippen LogP contribution in [0.4, 0.5) is 4.39 Å². The van der Waals surface area contributed by atoms with Crippen LogP contribution in [0.5, 0.6) is 0 Å². The molecule has 1 aliphatic rings. The van der Waals surface area contributed by atoms with E-state index in [1.165, 1.54) is 0 Å². The van der Waals surface area contributed by atoms with E-state index in [0.717, 1.165) is 6.42 Å². The second-order valence-corrected chi connectivity index (χ2v) is 3.42. The fraction of sp³-hybridized carbons (Fsp3) is 1.00. The molecular formula is C8H15FO2. The third kappa shape index (κ3) is 2.14. The Hall–Kier alpha value is -0.150. The average molecular weight is 162 g/mol. The first-order chi connectivity index (χ1) is 5.20. The van der Waals surface area contributed by atoms with Crippen LogP contribution >= 0.6 is 0 Å². The number of alkyl halides is 1. The van der Waals surface area contributed by atoms with Crippen molar-refractivity contribution >= 4 is 0 Å². The van der Waals surface area contributed by atoms with Crippen molar-refractivity contribution in [1.82, 2.24) is 0 Å². The molecule has 0 bridgehead atoms. The molecule has 1 rings (SSSR count). The van der Waals surface area contributed by atoms with Crippen LogP contribution in [0.25, 0.3) is 0 Å². The van der Waals surface area contributed by atoms with Gasteiger partial charge in [-0.25, -0.2) is 0 Å². The molecule has 1 fully saturated rings. The predicted octanol–water partition coefficient (Wildman–Crippen LogP) is 1.40. The van der Waals surface area contributed by atoms with Crippen molar-refractivity contribution < 1.29 is 13.9 Å². The Morgan fingerprint density at radius 1 is 1.73 bits per heavy atom. The lowest BCUT2D eigenvalue weighted by atomic mass is 9.98. The minimum absolute atomic E-state index is 0.0788. The van der Waals surface area contributed by atoms with Crippen molar-refractivity contribution in [2.75, 3.05) is 27.0 Å². The fourth-order valence-corrected chi connectivity index (χ4v) is 1.55. The normalized spacial score (nSPS) is 37.9. The third-order valence-corrected chi connectivity index (χ3v) is 2.06. The summed E-state index contributed by atoms with van der Waals surface area (Å²) in [5, 5.41) is 0. The molecule has 0 spiro atoms. The van der Waals surface area contributed by atoms with Crippen molar-refractivity contribution in [1.29, 1.82) is 0 Å². The minimum Gasteiger partial charge on any atom is -0.382 e. The van der Waals surface area contributed by atoms with E-state index in [2.05, 4.69) is 0 Å². The molecule has 1 aliphatic heterocycles. The molecule has 2 nitrogen and oxygen atoms in total. The van der Waals surface area contributed by atoms with E-state index in [1.807, 2.05) is 6.92 Å². The minimum atomic E-state index is -0.278. The quantitative estimate of drug-likeness (QED) is 0.624. The zero-order chi connectivity index (χ0) is 8.32. The maximum atomic E-state index is 12.2. The second kappa shape index (κ2) is 3.50. The standard InChI is InChI=1S/C8H15FO2/c1-8(6-10-2)3-7(4-9)5-11-8/h7H,3-6H2,1-2H3. The van der Waals surface area contributed by atoms with Crippen molar-refractivity contribution in [3.63, 3.8) is 0 Å². The predicted molar refractivity (Wildman–Crippen MR) is 40.3 cm³/mol. The van der Waals surface area contributed by atoms with Gasteiger partial charge in [-0.15, -0.1) is 0 Å². The van der Waals surface area contributed by atoms with E-state index in [-0.39, 0.29) is 18.2 Å². The summed E-state index contributed by atoms with van der Waals surface area (Å²) in [5.74, 6) is 0.0788. The van der Waals surface area contributed by atoms with E-state index < -0.39 is 0 Å². The number of halogens is 1. The first-order valence-corrected chi connectivity index (χ1v) is 3.89. The smallest absolute Gasteiger partial charge is 0.0945 e. The van der Waals surface area contributed by atoms with Gasteiger partial charge in [-0.05, 0) is 13.3 Å². The molecule has 0 saturated carbocycles. The molecule has 0 aromatic heterocycles. The summed E-state index contributed by atoms with van der Waals surface area (Å²) in [6, 6.07) is 0. The first kappa shape index (κ1) is 8.94. The molecule has 0 aromatic rings. The van der Waals surface area contributed by atoms with E-state index in [4.69, 9.17) is 9.47 Å². The van der Waals surface area contributed by atoms with Gasteiger partial charge >= 0.3 is 0 Å². The molecule has 0 aliphatic carbocycles. The number of hydrogen-bond acceptors (Lipinski definition) is 2. The Balaban J connectivity index is 2.37. The van der Waals surface area contributed by atoms with Crippen LogP contribution in [0.2, 0.25) is 0 Å². The molecule has 11 heavy (non-hydrogen) atoms. The Morgan fingerprint density at radius 2 is 2.45 bits per heavy atom. The van der Waals surface area contributed by atoms with E-state index in [0.29, 0.717) is 13.2 Å². The topological polar surface area (TPSA) is 18.5 Å². The summed E-state index contributed by atoms with van der Waals surface area (Å²) in [7, 11) is 1.64. The van der Waals surface area contributed by atoms with Crippen LogP contribution < -0.4 is 0 Å². The van der Waals surface area contributed by atoms with Crippen molar-refractivity contribution in [3.05, 3.63) is 0 Å². The number of hydrogen-bond donors (Lipinski definition) is 0. The lowest BCUT2D eigenvalue weighted by molar-refractivity contribution is -0.0382. The SMILES string of the molecule is COCC1(C)CC(CF)CO1. The summed E-state index contributed by atoms with van der Waals surface area (Å²) in [6.07, 6.45) is 0.775. The Bertz CT molecular complexity index is 129. The lowest BCUT2D eigenvalue weighted by Gasteiger charge is -2.21. The van der Waals surface area contributed by atoms with Crippen molar-refractivity contribution in [3.8, 4) is 0 Å². The molecule has 66 valence electrons. The van der Waals surface area contributed by atoms with Crippen molar-refractivity contribution in [2.45, 2.75) is 18.9 Å². The Labute approximate surface area is 66.7 Å². The highest BCUT2D eigenvalue weighted by molar-refractivity contribution is 4.84. The zero-order valence-corrected chi connectivity index (χ0v) is 7.10. The van der Waals surface area contributed by atoms with Crippen LogP contribution in [0.1, 0.15) is 13.3 Å². The Morgan fingerprint density at radius 3 is 2.91 bits per heavy atom. The maximum Gasteiger partial charge on any atom is 0.0945 e. The van der Waals surface area contributed by atoms with Gasteiger partial charge in [0.1, 0.15) is 0 Å².